The van der Waals surface area contributed by atoms with E-state index in [4.69, 9.17) is 9.97 Å². The normalized spacial score (nSPS) is 17.3. The number of nitrogens with zero attached hydrogens (tertiary/aromatic N) is 3. The van der Waals surface area contributed by atoms with E-state index in [-0.39, 0.29) is 23.7 Å². The lowest BCUT2D eigenvalue weighted by atomic mass is 9.62. The summed E-state index contributed by atoms with van der Waals surface area (Å²) >= 11 is 0. The quantitative estimate of drug-likeness (QED) is 0.176. The molecule has 10 aromatic carbocycles. The van der Waals surface area contributed by atoms with Gasteiger partial charge in [0.25, 0.3) is 0 Å². The summed E-state index contributed by atoms with van der Waals surface area (Å²) in [7, 11) is 0. The van der Waals surface area contributed by atoms with E-state index < -0.39 is 0 Å². The minimum Gasteiger partial charge on any atom is -0.305 e. The lowest BCUT2D eigenvalue weighted by Gasteiger charge is -2.42. The summed E-state index contributed by atoms with van der Waals surface area (Å²) in [6.45, 7) is 0. The number of aromatic nitrogens is 3. The highest BCUT2D eigenvalue weighted by molar-refractivity contribution is 6.33. The first-order valence-electron chi connectivity index (χ1n) is 26.4. The number of fused-ring (bicyclic) bond motifs is 8. The van der Waals surface area contributed by atoms with E-state index in [2.05, 4.69) is 241 Å². The predicted octanol–water partition coefficient (Wildman–Crippen LogP) is 17.4. The minimum atomic E-state index is 0.0555. The van der Waals surface area contributed by atoms with Crippen molar-refractivity contribution in [2.75, 3.05) is 0 Å². The molecular formula is C72H43N3. The molecule has 6 aliphatic rings. The first-order valence-corrected chi connectivity index (χ1v) is 26.4. The smallest absolute Gasteiger partial charge is 0.0729 e. The van der Waals surface area contributed by atoms with Gasteiger partial charge in [-0.05, 0) is 135 Å². The van der Waals surface area contributed by atoms with Crippen molar-refractivity contribution in [3.05, 3.63) is 304 Å². The molecule has 3 nitrogen and oxygen atoms in total. The van der Waals surface area contributed by atoms with Crippen LogP contribution in [0.25, 0.3) is 93.4 Å². The van der Waals surface area contributed by atoms with Crippen molar-refractivity contribution in [2.45, 2.75) is 23.7 Å². The van der Waals surface area contributed by atoms with Crippen LogP contribution in [0.15, 0.2) is 237 Å². The average Bonchev–Trinajstić information content (AvgIpc) is 4.25. The number of hydrogen-bond donors (Lipinski definition) is 0. The predicted molar refractivity (Wildman–Crippen MR) is 305 cm³/mol. The second kappa shape index (κ2) is 14.6. The van der Waals surface area contributed by atoms with Gasteiger partial charge in [-0.15, -0.1) is 0 Å². The second-order valence-corrected chi connectivity index (χ2v) is 21.3. The Bertz CT molecular complexity index is 4620. The molecule has 3 heteroatoms. The standard InChI is InChI=1S/C72H43N3/c1-4-18-40(19-5-1)44-35-55(41-20-6-2-7-21-41)60(56(36-44)42-22-8-3-9-23-42)43-32-33-46-45(34-43)37-57-65-58(38-73-70-63-51-28-14-10-24-47(51)61(68(65)70)48-25-11-15-29-52(48)63)75-59-39-74-71-64-53-30-16-12-26-49(53)62(50-27-13-17-31-54(50)64)69(71)67(59)66(46)72(57)75/h1-39,61-64H. The zero-order valence-corrected chi connectivity index (χ0v) is 40.7. The topological polar surface area (TPSA) is 30.2 Å². The van der Waals surface area contributed by atoms with Crippen molar-refractivity contribution >= 4 is 48.9 Å². The zero-order valence-electron chi connectivity index (χ0n) is 40.7. The van der Waals surface area contributed by atoms with Gasteiger partial charge in [0.15, 0.2) is 0 Å². The van der Waals surface area contributed by atoms with Crippen LogP contribution in [0.2, 0.25) is 0 Å². The fraction of sp³-hybridized carbons (Fsp3) is 0.0556. The van der Waals surface area contributed by atoms with Gasteiger partial charge in [-0.2, -0.15) is 0 Å². The van der Waals surface area contributed by atoms with E-state index in [0.29, 0.717) is 0 Å². The molecule has 0 amide bonds. The van der Waals surface area contributed by atoms with Crippen molar-refractivity contribution in [3.8, 4) is 44.5 Å². The molecule has 4 aromatic heterocycles. The average molecular weight is 950 g/mol. The summed E-state index contributed by atoms with van der Waals surface area (Å²) in [4.78, 5) is 11.2. The second-order valence-electron chi connectivity index (χ2n) is 21.3. The number of rotatable bonds is 4. The first-order chi connectivity index (χ1) is 37.3. The van der Waals surface area contributed by atoms with Crippen molar-refractivity contribution < 1.29 is 0 Å². The molecule has 346 valence electrons. The third-order valence-corrected chi connectivity index (χ3v) is 17.9. The number of benzene rings is 10. The molecule has 0 aliphatic heterocycles. The molecule has 6 aliphatic carbocycles. The van der Waals surface area contributed by atoms with Gasteiger partial charge in [-0.3, -0.25) is 9.97 Å². The maximum atomic E-state index is 5.61. The first kappa shape index (κ1) is 40.1. The van der Waals surface area contributed by atoms with Gasteiger partial charge in [0.1, 0.15) is 0 Å². The number of hydrogen-bond acceptors (Lipinski definition) is 2. The fourth-order valence-corrected chi connectivity index (χ4v) is 15.1. The molecule has 0 saturated carbocycles. The third kappa shape index (κ3) is 5.15. The summed E-state index contributed by atoms with van der Waals surface area (Å²) in [5, 5.41) is 7.70. The molecule has 0 fully saturated rings. The maximum Gasteiger partial charge on any atom is 0.0729 e. The van der Waals surface area contributed by atoms with Crippen LogP contribution < -0.4 is 0 Å². The van der Waals surface area contributed by atoms with Crippen LogP contribution in [0, 0.1) is 0 Å². The van der Waals surface area contributed by atoms with Crippen LogP contribution in [-0.4, -0.2) is 14.4 Å². The lowest BCUT2D eigenvalue weighted by Crippen LogP contribution is -2.28. The van der Waals surface area contributed by atoms with E-state index in [1.54, 1.807) is 0 Å². The third-order valence-electron chi connectivity index (χ3n) is 17.9. The van der Waals surface area contributed by atoms with Crippen molar-refractivity contribution in [3.63, 3.8) is 0 Å². The largest absolute Gasteiger partial charge is 0.305 e. The highest BCUT2D eigenvalue weighted by atomic mass is 14.9. The Morgan fingerprint density at radius 3 is 1.20 bits per heavy atom. The lowest BCUT2D eigenvalue weighted by molar-refractivity contribution is 0.734. The molecule has 14 aromatic rings. The molecule has 0 unspecified atom stereocenters. The summed E-state index contributed by atoms with van der Waals surface area (Å²) in [5.41, 5.74) is 29.4. The van der Waals surface area contributed by atoms with Crippen LogP contribution in [0.4, 0.5) is 0 Å². The highest BCUT2D eigenvalue weighted by Crippen LogP contribution is 2.61. The van der Waals surface area contributed by atoms with Crippen LogP contribution in [0.5, 0.6) is 0 Å². The molecule has 0 radical (unpaired) electrons. The van der Waals surface area contributed by atoms with Crippen LogP contribution in [-0.2, 0) is 0 Å². The number of pyridine rings is 2. The van der Waals surface area contributed by atoms with Crippen molar-refractivity contribution in [2.24, 2.45) is 0 Å². The summed E-state index contributed by atoms with van der Waals surface area (Å²) < 4.78 is 2.56. The SMILES string of the molecule is c1ccc(-c2cc(-c3ccccc3)c(-c3ccc4c(c3)cc3c5c6c(ncc5n5c7cnc8c(c7c4c35)C3c4ccccc4C8c4ccccc43)C3c4ccccc4C6c4ccccc43)c(-c3ccccc3)c2)cc1. The van der Waals surface area contributed by atoms with Crippen LogP contribution in [0.1, 0.15) is 90.7 Å². The Labute approximate surface area is 433 Å². The fourth-order valence-electron chi connectivity index (χ4n) is 15.1. The van der Waals surface area contributed by atoms with E-state index >= 15 is 0 Å². The van der Waals surface area contributed by atoms with Gasteiger partial charge in [-0.25, -0.2) is 0 Å². The molecule has 4 heterocycles. The Balaban J connectivity index is 0.992. The van der Waals surface area contributed by atoms with E-state index in [1.807, 2.05) is 0 Å². The minimum absolute atomic E-state index is 0.0555. The van der Waals surface area contributed by atoms with E-state index in [0.717, 1.165) is 11.0 Å². The molecule has 0 N–H and O–H groups in total. The van der Waals surface area contributed by atoms with E-state index in [1.165, 1.54) is 149 Å². The Morgan fingerprint density at radius 1 is 0.307 bits per heavy atom. The molecule has 20 rings (SSSR count). The van der Waals surface area contributed by atoms with Gasteiger partial charge in [0, 0.05) is 33.4 Å². The maximum absolute atomic E-state index is 5.61. The van der Waals surface area contributed by atoms with Crippen molar-refractivity contribution in [1.82, 2.24) is 14.4 Å². The molecular weight excluding hydrogens is 907 g/mol. The molecule has 0 spiro atoms. The van der Waals surface area contributed by atoms with Gasteiger partial charge in [-0.1, -0.05) is 200 Å². The molecule has 0 atom stereocenters. The van der Waals surface area contributed by atoms with Crippen LogP contribution >= 0.6 is 0 Å². The Kier molecular flexibility index (Phi) is 7.82. The molecule has 0 saturated heterocycles. The highest BCUT2D eigenvalue weighted by Gasteiger charge is 2.46. The summed E-state index contributed by atoms with van der Waals surface area (Å²) in [5.74, 6) is 0.248. The zero-order chi connectivity index (χ0) is 48.6. The van der Waals surface area contributed by atoms with E-state index in [9.17, 15) is 0 Å². The summed E-state index contributed by atoms with van der Waals surface area (Å²) in [6.07, 6.45) is 4.42. The van der Waals surface area contributed by atoms with Gasteiger partial charge >= 0.3 is 0 Å². The Hall–Kier alpha value is -9.44. The molecule has 75 heavy (non-hydrogen) atoms. The monoisotopic (exact) mass is 949 g/mol. The van der Waals surface area contributed by atoms with Gasteiger partial charge in [0.2, 0.25) is 0 Å². The Morgan fingerprint density at radius 2 is 0.720 bits per heavy atom. The van der Waals surface area contributed by atoms with Crippen molar-refractivity contribution in [1.29, 1.82) is 0 Å². The summed E-state index contributed by atoms with van der Waals surface area (Å²) in [6, 6.07) is 84.1. The molecule has 4 bridgehead atoms. The van der Waals surface area contributed by atoms with Gasteiger partial charge in [0.05, 0.1) is 52.2 Å². The van der Waals surface area contributed by atoms with Gasteiger partial charge < -0.3 is 4.40 Å². The van der Waals surface area contributed by atoms with Crippen LogP contribution in [0.3, 0.4) is 0 Å².